The Balaban J connectivity index is 3.33. The zero-order valence-electron chi connectivity index (χ0n) is 23.0. The summed E-state index contributed by atoms with van der Waals surface area (Å²) in [6.07, 6.45) is 3.66. The Labute approximate surface area is 232 Å². The fourth-order valence-corrected chi connectivity index (χ4v) is 4.58. The van der Waals surface area contributed by atoms with Crippen molar-refractivity contribution in [3.8, 4) is 0 Å². The maximum absolute atomic E-state index is 11.7. The van der Waals surface area contributed by atoms with Gasteiger partial charge in [-0.25, -0.2) is 9.13 Å². The van der Waals surface area contributed by atoms with Crippen LogP contribution >= 0.6 is 28.3 Å². The van der Waals surface area contributed by atoms with Gasteiger partial charge in [-0.1, -0.05) is 12.8 Å². The first kappa shape index (κ1) is 38.4. The summed E-state index contributed by atoms with van der Waals surface area (Å²) in [6, 6.07) is 0. The minimum Gasteiger partial charge on any atom is -0.377 e. The molecule has 0 aliphatic carbocycles. The summed E-state index contributed by atoms with van der Waals surface area (Å²) in [7, 11) is -8.13. The largest absolute Gasteiger partial charge is 0.472 e. The lowest BCUT2D eigenvalue weighted by Crippen LogP contribution is -2.19. The molecule has 38 heavy (non-hydrogen) atoms. The lowest BCUT2D eigenvalue weighted by molar-refractivity contribution is -0.0162. The predicted octanol–water partition coefficient (Wildman–Crippen LogP) is 3.63. The number of ether oxygens (including phenoxy) is 5. The van der Waals surface area contributed by atoms with Crippen molar-refractivity contribution >= 4 is 28.3 Å². The zero-order chi connectivity index (χ0) is 28.6. The molecule has 0 aromatic rings. The fourth-order valence-electron chi connectivity index (χ4n) is 2.56. The molecule has 0 aliphatic heterocycles. The fraction of sp³-hybridized carbons (Fsp3) is 1.00. The molecule has 2 unspecified atom stereocenters. The van der Waals surface area contributed by atoms with Gasteiger partial charge in [0.25, 0.3) is 0 Å². The summed E-state index contributed by atoms with van der Waals surface area (Å²) in [5, 5.41) is 0. The van der Waals surface area contributed by atoms with Gasteiger partial charge in [0.15, 0.2) is 0 Å². The number of hydrogen-bond donors (Lipinski definition) is 3. The molecular weight excluding hydrogens is 566 g/mol. The van der Waals surface area contributed by atoms with E-state index in [-0.39, 0.29) is 33.0 Å². The summed E-state index contributed by atoms with van der Waals surface area (Å²) < 4.78 is 69.5. The van der Waals surface area contributed by atoms with Gasteiger partial charge in [-0.05, 0) is 39.4 Å². The molecule has 0 fully saturated rings. The monoisotopic (exact) mass is 614 g/mol. The van der Waals surface area contributed by atoms with Gasteiger partial charge in [-0.3, -0.25) is 18.1 Å². The Bertz CT molecular complexity index is 637. The molecule has 230 valence electrons. The van der Waals surface area contributed by atoms with Crippen LogP contribution in [-0.4, -0.2) is 107 Å². The quantitative estimate of drug-likeness (QED) is 0.0667. The van der Waals surface area contributed by atoms with E-state index in [1.54, 1.807) is 20.8 Å². The van der Waals surface area contributed by atoms with E-state index in [1.165, 1.54) is 0 Å². The van der Waals surface area contributed by atoms with Crippen LogP contribution in [-0.2, 0) is 50.9 Å². The molecule has 0 bridgehead atoms. The number of thiol groups is 1. The molecule has 0 saturated heterocycles. The van der Waals surface area contributed by atoms with Crippen molar-refractivity contribution in [2.45, 2.75) is 52.1 Å². The van der Waals surface area contributed by atoms with Crippen LogP contribution in [0.2, 0.25) is 0 Å². The number of hydrogen-bond acceptors (Lipinski definition) is 12. The predicted molar refractivity (Wildman–Crippen MR) is 145 cm³/mol. The number of unbranched alkanes of at least 4 members (excludes halogenated alkanes) is 3. The van der Waals surface area contributed by atoms with Crippen LogP contribution < -0.4 is 0 Å². The van der Waals surface area contributed by atoms with Gasteiger partial charge in [0, 0.05) is 0 Å². The molecule has 0 rings (SSSR count). The molecule has 0 amide bonds. The van der Waals surface area contributed by atoms with Gasteiger partial charge in [0.05, 0.1) is 91.5 Å². The standard InChI is InChI=1S/C22H48O13P2S/c1-22(2,3)35-37(25,26)34-20-18-31-16-14-29-12-10-27-9-11-28-13-15-30-17-19-33-36(23,24)32-8-6-4-5-7-21-38/h38H,4-21H2,1-3H3,(H,23,24)(H,25,26). The third-order valence-electron chi connectivity index (χ3n) is 4.15. The average Bonchev–Trinajstić information content (AvgIpc) is 2.81. The lowest BCUT2D eigenvalue weighted by atomic mass is 10.2. The Morgan fingerprint density at radius 2 is 0.868 bits per heavy atom. The molecule has 0 radical (unpaired) electrons. The van der Waals surface area contributed by atoms with Gasteiger partial charge in [-0.2, -0.15) is 12.6 Å². The number of phosphoric ester groups is 2. The maximum atomic E-state index is 11.7. The maximum Gasteiger partial charge on any atom is 0.472 e. The molecule has 0 aromatic heterocycles. The van der Waals surface area contributed by atoms with Crippen molar-refractivity contribution in [2.75, 3.05) is 91.6 Å². The minimum atomic E-state index is -4.09. The molecule has 2 N–H and O–H groups in total. The molecule has 0 aliphatic rings. The molecule has 13 nitrogen and oxygen atoms in total. The highest BCUT2D eigenvalue weighted by atomic mass is 32.1. The number of phosphoric acid groups is 2. The summed E-state index contributed by atoms with van der Waals surface area (Å²) >= 11 is 4.13. The van der Waals surface area contributed by atoms with E-state index in [9.17, 15) is 18.9 Å². The van der Waals surface area contributed by atoms with Gasteiger partial charge < -0.3 is 33.5 Å². The minimum absolute atomic E-state index is 0.0491. The van der Waals surface area contributed by atoms with E-state index in [4.69, 9.17) is 41.8 Å². The van der Waals surface area contributed by atoms with E-state index in [1.807, 2.05) is 0 Å². The van der Waals surface area contributed by atoms with Crippen molar-refractivity contribution in [3.05, 3.63) is 0 Å². The Morgan fingerprint density at radius 1 is 0.526 bits per heavy atom. The molecule has 0 heterocycles. The second kappa shape index (κ2) is 24.0. The van der Waals surface area contributed by atoms with Crippen LogP contribution in [0.3, 0.4) is 0 Å². The second-order valence-corrected chi connectivity index (χ2v) is 12.1. The molecule has 16 heteroatoms. The summed E-state index contributed by atoms with van der Waals surface area (Å²) in [5.41, 5.74) is -0.782. The summed E-state index contributed by atoms with van der Waals surface area (Å²) in [5.74, 6) is 0.837. The average molecular weight is 615 g/mol. The highest BCUT2D eigenvalue weighted by Gasteiger charge is 2.28. The SMILES string of the molecule is CC(C)(C)OP(=O)(O)OCCOCCOCCOCCOCCOCCOP(=O)(O)OCCCCCCS. The van der Waals surface area contributed by atoms with Crippen LogP contribution in [0, 0.1) is 0 Å². The van der Waals surface area contributed by atoms with Crippen LogP contribution in [0.1, 0.15) is 46.5 Å². The molecular formula is C22H48O13P2S. The van der Waals surface area contributed by atoms with Crippen LogP contribution in [0.4, 0.5) is 0 Å². The van der Waals surface area contributed by atoms with Crippen LogP contribution in [0.15, 0.2) is 0 Å². The van der Waals surface area contributed by atoms with E-state index >= 15 is 0 Å². The van der Waals surface area contributed by atoms with Crippen molar-refractivity contribution in [3.63, 3.8) is 0 Å². The Hall–Kier alpha value is 0.370. The Kier molecular flexibility index (Phi) is 24.2. The van der Waals surface area contributed by atoms with Crippen molar-refractivity contribution in [1.82, 2.24) is 0 Å². The van der Waals surface area contributed by atoms with Crippen molar-refractivity contribution < 1.29 is 60.7 Å². The van der Waals surface area contributed by atoms with Crippen LogP contribution in [0.5, 0.6) is 0 Å². The van der Waals surface area contributed by atoms with E-state index in [0.717, 1.165) is 25.0 Å². The smallest absolute Gasteiger partial charge is 0.377 e. The summed E-state index contributed by atoms with van der Waals surface area (Å²) in [4.78, 5) is 19.1. The second-order valence-electron chi connectivity index (χ2n) is 8.84. The van der Waals surface area contributed by atoms with E-state index in [2.05, 4.69) is 12.6 Å². The normalized spacial score (nSPS) is 15.4. The third-order valence-corrected chi connectivity index (χ3v) is 6.77. The first-order valence-corrected chi connectivity index (χ1v) is 16.4. The highest BCUT2D eigenvalue weighted by molar-refractivity contribution is 7.80. The van der Waals surface area contributed by atoms with Crippen molar-refractivity contribution in [1.29, 1.82) is 0 Å². The first-order chi connectivity index (χ1) is 18.0. The molecule has 0 aromatic carbocycles. The van der Waals surface area contributed by atoms with Gasteiger partial charge >= 0.3 is 15.6 Å². The van der Waals surface area contributed by atoms with E-state index < -0.39 is 21.2 Å². The van der Waals surface area contributed by atoms with E-state index in [0.29, 0.717) is 59.3 Å². The van der Waals surface area contributed by atoms with Gasteiger partial charge in [0.2, 0.25) is 0 Å². The lowest BCUT2D eigenvalue weighted by Gasteiger charge is -2.22. The van der Waals surface area contributed by atoms with Gasteiger partial charge in [-0.15, -0.1) is 0 Å². The number of rotatable bonds is 28. The van der Waals surface area contributed by atoms with Crippen LogP contribution in [0.25, 0.3) is 0 Å². The molecule has 0 saturated carbocycles. The zero-order valence-corrected chi connectivity index (χ0v) is 25.6. The molecule has 0 spiro atoms. The highest BCUT2D eigenvalue weighted by Crippen LogP contribution is 2.46. The third kappa shape index (κ3) is 29.4. The molecule has 2 atom stereocenters. The van der Waals surface area contributed by atoms with Crippen molar-refractivity contribution in [2.24, 2.45) is 0 Å². The first-order valence-electron chi connectivity index (χ1n) is 12.8. The topological polar surface area (TPSA) is 158 Å². The Morgan fingerprint density at radius 3 is 1.26 bits per heavy atom. The van der Waals surface area contributed by atoms with Gasteiger partial charge in [0.1, 0.15) is 0 Å². The summed E-state index contributed by atoms with van der Waals surface area (Å²) in [6.45, 7) is 8.26.